The second-order valence-corrected chi connectivity index (χ2v) is 6.49. The summed E-state index contributed by atoms with van der Waals surface area (Å²) >= 11 is 0. The number of nitrogens with one attached hydrogen (secondary N) is 1. The molecule has 1 aromatic carbocycles. The topological polar surface area (TPSA) is 15.3 Å². The van der Waals surface area contributed by atoms with Gasteiger partial charge in [-0.3, -0.25) is 0 Å². The third-order valence-corrected chi connectivity index (χ3v) is 5.10. The van der Waals surface area contributed by atoms with Crippen molar-refractivity contribution in [3.8, 4) is 0 Å². The Labute approximate surface area is 123 Å². The normalized spacial score (nSPS) is 23.4. The number of para-hydroxylation sites is 1. The number of hydrogen-bond acceptors (Lipinski definition) is 2. The molecule has 2 nitrogen and oxygen atoms in total. The SMILES string of the molecule is CCN(CC1CNc2ccccc2C1)C1CCCCC1. The summed E-state index contributed by atoms with van der Waals surface area (Å²) in [5.74, 6) is 0.770. The lowest BCUT2D eigenvalue weighted by molar-refractivity contribution is 0.141. The van der Waals surface area contributed by atoms with E-state index in [4.69, 9.17) is 0 Å². The summed E-state index contributed by atoms with van der Waals surface area (Å²) in [5, 5.41) is 3.62. The predicted molar refractivity (Wildman–Crippen MR) is 86.2 cm³/mol. The molecule has 1 unspecified atom stereocenters. The van der Waals surface area contributed by atoms with E-state index in [0.717, 1.165) is 18.5 Å². The van der Waals surface area contributed by atoms with Crippen molar-refractivity contribution in [2.24, 2.45) is 5.92 Å². The van der Waals surface area contributed by atoms with Gasteiger partial charge in [0.15, 0.2) is 0 Å². The van der Waals surface area contributed by atoms with E-state index in [2.05, 4.69) is 41.4 Å². The molecule has 2 aliphatic rings. The standard InChI is InChI=1S/C18H28N2/c1-2-20(17-9-4-3-5-10-17)14-15-12-16-8-6-7-11-18(16)19-13-15/h6-8,11,15,17,19H,2-5,9-10,12-14H2,1H3. The first kappa shape index (κ1) is 13.9. The van der Waals surface area contributed by atoms with Crippen molar-refractivity contribution in [2.45, 2.75) is 51.5 Å². The van der Waals surface area contributed by atoms with Crippen LogP contribution in [-0.4, -0.2) is 30.6 Å². The molecule has 1 heterocycles. The van der Waals surface area contributed by atoms with Gasteiger partial charge in [-0.25, -0.2) is 0 Å². The summed E-state index contributed by atoms with van der Waals surface area (Å²) in [7, 11) is 0. The van der Waals surface area contributed by atoms with Crippen molar-refractivity contribution in [1.29, 1.82) is 0 Å². The van der Waals surface area contributed by atoms with Crippen molar-refractivity contribution in [3.05, 3.63) is 29.8 Å². The van der Waals surface area contributed by atoms with E-state index in [1.165, 1.54) is 62.9 Å². The highest BCUT2D eigenvalue weighted by molar-refractivity contribution is 5.53. The van der Waals surface area contributed by atoms with Gasteiger partial charge in [-0.15, -0.1) is 0 Å². The lowest BCUT2D eigenvalue weighted by atomic mass is 9.90. The minimum atomic E-state index is 0.770. The smallest absolute Gasteiger partial charge is 0.0372 e. The lowest BCUT2D eigenvalue weighted by Crippen LogP contribution is -2.42. The van der Waals surface area contributed by atoms with Crippen LogP contribution in [-0.2, 0) is 6.42 Å². The Hall–Kier alpha value is -1.02. The van der Waals surface area contributed by atoms with Gasteiger partial charge in [-0.2, -0.15) is 0 Å². The average molecular weight is 272 g/mol. The predicted octanol–water partition coefficient (Wildman–Crippen LogP) is 3.93. The quantitative estimate of drug-likeness (QED) is 0.893. The van der Waals surface area contributed by atoms with Crippen molar-refractivity contribution < 1.29 is 0 Å². The van der Waals surface area contributed by atoms with Crippen molar-refractivity contribution in [3.63, 3.8) is 0 Å². The molecule has 1 aromatic rings. The van der Waals surface area contributed by atoms with Crippen LogP contribution in [0.25, 0.3) is 0 Å². The molecule has 1 atom stereocenters. The highest BCUT2D eigenvalue weighted by Crippen LogP contribution is 2.27. The molecule has 0 spiro atoms. The molecular formula is C18H28N2. The van der Waals surface area contributed by atoms with E-state index in [1.807, 2.05) is 0 Å². The molecule has 20 heavy (non-hydrogen) atoms. The first-order valence-electron chi connectivity index (χ1n) is 8.42. The summed E-state index contributed by atoms with van der Waals surface area (Å²) in [5.41, 5.74) is 2.85. The third kappa shape index (κ3) is 3.17. The number of benzene rings is 1. The molecule has 0 saturated heterocycles. The monoisotopic (exact) mass is 272 g/mol. The zero-order valence-corrected chi connectivity index (χ0v) is 12.8. The molecule has 0 aromatic heterocycles. The van der Waals surface area contributed by atoms with Gasteiger partial charge in [0.2, 0.25) is 0 Å². The largest absolute Gasteiger partial charge is 0.384 e. The molecule has 1 fully saturated rings. The van der Waals surface area contributed by atoms with Crippen LogP contribution in [0.3, 0.4) is 0 Å². The van der Waals surface area contributed by atoms with Crippen molar-refractivity contribution in [2.75, 3.05) is 25.0 Å². The molecule has 1 N–H and O–H groups in total. The molecule has 1 aliphatic heterocycles. The number of nitrogens with zero attached hydrogens (tertiary/aromatic N) is 1. The molecule has 3 rings (SSSR count). The first-order chi connectivity index (χ1) is 9.86. The third-order valence-electron chi connectivity index (χ3n) is 5.10. The second-order valence-electron chi connectivity index (χ2n) is 6.49. The Morgan fingerprint density at radius 3 is 2.75 bits per heavy atom. The maximum atomic E-state index is 3.62. The van der Waals surface area contributed by atoms with Gasteiger partial charge in [-0.05, 0) is 43.4 Å². The zero-order chi connectivity index (χ0) is 13.8. The van der Waals surface area contributed by atoms with Crippen LogP contribution in [0.15, 0.2) is 24.3 Å². The van der Waals surface area contributed by atoms with Gasteiger partial charge >= 0.3 is 0 Å². The average Bonchev–Trinajstić information content (AvgIpc) is 2.53. The first-order valence-corrected chi connectivity index (χ1v) is 8.42. The minimum absolute atomic E-state index is 0.770. The maximum absolute atomic E-state index is 3.62. The number of hydrogen-bond donors (Lipinski definition) is 1. The van der Waals surface area contributed by atoms with Gasteiger partial charge in [-0.1, -0.05) is 44.4 Å². The molecule has 1 saturated carbocycles. The van der Waals surface area contributed by atoms with E-state index in [0.29, 0.717) is 0 Å². The van der Waals surface area contributed by atoms with Crippen LogP contribution in [0.1, 0.15) is 44.6 Å². The fourth-order valence-electron chi connectivity index (χ4n) is 3.95. The Balaban J connectivity index is 1.60. The number of rotatable bonds is 4. The van der Waals surface area contributed by atoms with Crippen LogP contribution in [0.5, 0.6) is 0 Å². The fourth-order valence-corrected chi connectivity index (χ4v) is 3.95. The molecular weight excluding hydrogens is 244 g/mol. The minimum Gasteiger partial charge on any atom is -0.384 e. The van der Waals surface area contributed by atoms with E-state index in [1.54, 1.807) is 0 Å². The molecule has 0 bridgehead atoms. The van der Waals surface area contributed by atoms with E-state index < -0.39 is 0 Å². The number of fused-ring (bicyclic) bond motifs is 1. The molecule has 110 valence electrons. The number of anilines is 1. The lowest BCUT2D eigenvalue weighted by Gasteiger charge is -2.37. The van der Waals surface area contributed by atoms with Gasteiger partial charge < -0.3 is 10.2 Å². The van der Waals surface area contributed by atoms with E-state index in [-0.39, 0.29) is 0 Å². The van der Waals surface area contributed by atoms with Crippen molar-refractivity contribution in [1.82, 2.24) is 4.90 Å². The molecule has 0 radical (unpaired) electrons. The highest BCUT2D eigenvalue weighted by Gasteiger charge is 2.25. The van der Waals surface area contributed by atoms with Gasteiger partial charge in [0.1, 0.15) is 0 Å². The van der Waals surface area contributed by atoms with E-state index >= 15 is 0 Å². The molecule has 2 heteroatoms. The van der Waals surface area contributed by atoms with E-state index in [9.17, 15) is 0 Å². The fraction of sp³-hybridized carbons (Fsp3) is 0.667. The van der Waals surface area contributed by atoms with Crippen LogP contribution in [0.2, 0.25) is 0 Å². The molecule has 0 amide bonds. The van der Waals surface area contributed by atoms with Crippen LogP contribution >= 0.6 is 0 Å². The van der Waals surface area contributed by atoms with Gasteiger partial charge in [0.25, 0.3) is 0 Å². The summed E-state index contributed by atoms with van der Waals surface area (Å²) in [4.78, 5) is 2.75. The van der Waals surface area contributed by atoms with Gasteiger partial charge in [0.05, 0.1) is 0 Å². The maximum Gasteiger partial charge on any atom is 0.0372 e. The summed E-state index contributed by atoms with van der Waals surface area (Å²) < 4.78 is 0. The molecule has 1 aliphatic carbocycles. The Morgan fingerprint density at radius 2 is 1.95 bits per heavy atom. The van der Waals surface area contributed by atoms with Crippen molar-refractivity contribution >= 4 is 5.69 Å². The van der Waals surface area contributed by atoms with Crippen LogP contribution in [0, 0.1) is 5.92 Å². The summed E-state index contributed by atoms with van der Waals surface area (Å²) in [6, 6.07) is 9.65. The zero-order valence-electron chi connectivity index (χ0n) is 12.8. The second kappa shape index (κ2) is 6.62. The Bertz CT molecular complexity index is 423. The summed E-state index contributed by atoms with van der Waals surface area (Å²) in [6.07, 6.45) is 8.41. The highest BCUT2D eigenvalue weighted by atomic mass is 15.2. The Kier molecular flexibility index (Phi) is 4.62. The summed E-state index contributed by atoms with van der Waals surface area (Å²) in [6.45, 7) is 5.95. The Morgan fingerprint density at radius 1 is 1.15 bits per heavy atom. The van der Waals surface area contributed by atoms with Crippen LogP contribution < -0.4 is 5.32 Å². The van der Waals surface area contributed by atoms with Crippen LogP contribution in [0.4, 0.5) is 5.69 Å². The van der Waals surface area contributed by atoms with Gasteiger partial charge in [0, 0.05) is 24.8 Å².